The molecule has 2 aliphatic carbocycles. The highest BCUT2D eigenvalue weighted by Gasteiger charge is 2.28. The van der Waals surface area contributed by atoms with Crippen LogP contribution in [-0.4, -0.2) is 22.4 Å². The molecule has 30 heavy (non-hydrogen) atoms. The molecule has 2 aromatic rings. The highest BCUT2D eigenvalue weighted by atomic mass is 32.2. The predicted octanol–water partition coefficient (Wildman–Crippen LogP) is 3.97. The first kappa shape index (κ1) is 20.0. The van der Waals surface area contributed by atoms with Gasteiger partial charge in [-0.2, -0.15) is 0 Å². The fraction of sp³-hybridized carbons (Fsp3) is 0.480. The molecule has 3 aliphatic rings. The number of carbonyl (C=O) groups is 1. The Labute approximate surface area is 179 Å². The molecule has 4 nitrogen and oxygen atoms in total. The summed E-state index contributed by atoms with van der Waals surface area (Å²) in [6.07, 6.45) is 9.07. The molecular weight excluding hydrogens is 392 g/mol. The van der Waals surface area contributed by atoms with Crippen LogP contribution in [0.25, 0.3) is 0 Å². The molecule has 1 N–H and O–H groups in total. The molecule has 0 spiro atoms. The summed E-state index contributed by atoms with van der Waals surface area (Å²) in [5, 5.41) is 0. The van der Waals surface area contributed by atoms with Gasteiger partial charge in [0.15, 0.2) is 0 Å². The molecule has 0 aromatic heterocycles. The van der Waals surface area contributed by atoms with Crippen molar-refractivity contribution in [1.82, 2.24) is 4.72 Å². The SMILES string of the molecule is O=C(CCc1c2c(cc3c1CCC3)CCC2)N=S1(=O)CC(Cc2ccccc2)CN1. The Hall–Kier alpha value is -1.98. The molecule has 1 amide bonds. The van der Waals surface area contributed by atoms with E-state index in [0.717, 1.165) is 25.7 Å². The van der Waals surface area contributed by atoms with Gasteiger partial charge in [0.25, 0.3) is 5.91 Å². The van der Waals surface area contributed by atoms with Crippen LogP contribution in [-0.2, 0) is 53.2 Å². The van der Waals surface area contributed by atoms with E-state index < -0.39 is 9.92 Å². The molecule has 1 aliphatic heterocycles. The number of nitrogens with zero attached hydrogens (tertiary/aromatic N) is 1. The molecule has 0 radical (unpaired) electrons. The second-order valence-electron chi connectivity index (χ2n) is 9.03. The van der Waals surface area contributed by atoms with Crippen molar-refractivity contribution in [1.29, 1.82) is 0 Å². The number of aryl methyl sites for hydroxylation is 2. The van der Waals surface area contributed by atoms with E-state index in [1.54, 1.807) is 0 Å². The van der Waals surface area contributed by atoms with Crippen molar-refractivity contribution in [2.24, 2.45) is 10.3 Å². The lowest BCUT2D eigenvalue weighted by Crippen LogP contribution is -2.18. The molecule has 5 rings (SSSR count). The van der Waals surface area contributed by atoms with Crippen LogP contribution < -0.4 is 4.72 Å². The Morgan fingerprint density at radius 3 is 2.43 bits per heavy atom. The van der Waals surface area contributed by atoms with Gasteiger partial charge in [-0.1, -0.05) is 36.4 Å². The van der Waals surface area contributed by atoms with Gasteiger partial charge in [0.05, 0.1) is 5.75 Å². The third-order valence-electron chi connectivity index (χ3n) is 6.86. The number of fused-ring (bicyclic) bond motifs is 2. The Balaban J connectivity index is 1.26. The normalized spacial score (nSPS) is 24.6. The van der Waals surface area contributed by atoms with E-state index in [4.69, 9.17) is 0 Å². The number of amides is 1. The van der Waals surface area contributed by atoms with Crippen molar-refractivity contribution in [2.45, 2.75) is 57.8 Å². The number of hydrogen-bond donors (Lipinski definition) is 1. The lowest BCUT2D eigenvalue weighted by molar-refractivity contribution is -0.117. The Kier molecular flexibility index (Phi) is 5.50. The predicted molar refractivity (Wildman–Crippen MR) is 121 cm³/mol. The fourth-order valence-corrected chi connectivity index (χ4v) is 7.56. The number of benzene rings is 2. The van der Waals surface area contributed by atoms with E-state index >= 15 is 0 Å². The fourth-order valence-electron chi connectivity index (χ4n) is 5.51. The van der Waals surface area contributed by atoms with Crippen molar-refractivity contribution in [3.63, 3.8) is 0 Å². The summed E-state index contributed by atoms with van der Waals surface area (Å²) in [5.41, 5.74) is 8.65. The van der Waals surface area contributed by atoms with Crippen molar-refractivity contribution < 1.29 is 9.00 Å². The Bertz CT molecular complexity index is 1050. The number of rotatable bonds is 5. The molecule has 2 unspecified atom stereocenters. The van der Waals surface area contributed by atoms with E-state index in [9.17, 15) is 9.00 Å². The Morgan fingerprint density at radius 2 is 1.73 bits per heavy atom. The third kappa shape index (κ3) is 4.10. The van der Waals surface area contributed by atoms with E-state index in [1.807, 2.05) is 18.2 Å². The molecule has 1 heterocycles. The lowest BCUT2D eigenvalue weighted by atomic mass is 9.91. The standard InChI is InChI=1S/C25H30N2O2S/c28-25(27-30(29)17-19(16-26-30)14-18-6-2-1-3-7-18)13-12-24-22-10-4-8-20(22)15-21-9-5-11-23(21)24/h1-3,6-7,15,19H,4-5,8-14,16-17H2,(H,26,27,28,29). The van der Waals surface area contributed by atoms with Gasteiger partial charge in [-0.15, -0.1) is 4.36 Å². The zero-order chi connectivity index (χ0) is 20.6. The zero-order valence-corrected chi connectivity index (χ0v) is 18.3. The average Bonchev–Trinajstić information content (AvgIpc) is 3.46. The average molecular weight is 423 g/mol. The summed E-state index contributed by atoms with van der Waals surface area (Å²) in [7, 11) is -2.62. The maximum atomic E-state index is 13.1. The van der Waals surface area contributed by atoms with Crippen LogP contribution in [0.3, 0.4) is 0 Å². The van der Waals surface area contributed by atoms with E-state index in [2.05, 4.69) is 27.3 Å². The summed E-state index contributed by atoms with van der Waals surface area (Å²) < 4.78 is 20.3. The second kappa shape index (κ2) is 8.27. The van der Waals surface area contributed by atoms with Crippen LogP contribution in [0.15, 0.2) is 40.8 Å². The summed E-state index contributed by atoms with van der Waals surface area (Å²) in [4.78, 5) is 12.7. The van der Waals surface area contributed by atoms with Gasteiger partial charge in [-0.3, -0.25) is 4.79 Å². The van der Waals surface area contributed by atoms with Crippen LogP contribution in [0, 0.1) is 5.92 Å². The maximum Gasteiger partial charge on any atom is 0.255 e. The first-order chi connectivity index (χ1) is 14.6. The summed E-state index contributed by atoms with van der Waals surface area (Å²) in [5.74, 6) is 0.511. The van der Waals surface area contributed by atoms with Crippen LogP contribution in [0.4, 0.5) is 0 Å². The highest BCUT2D eigenvalue weighted by molar-refractivity contribution is 7.92. The van der Waals surface area contributed by atoms with Gasteiger partial charge >= 0.3 is 0 Å². The molecule has 2 atom stereocenters. The van der Waals surface area contributed by atoms with Gasteiger partial charge in [-0.05, 0) is 90.7 Å². The molecule has 2 aromatic carbocycles. The van der Waals surface area contributed by atoms with Gasteiger partial charge in [-0.25, -0.2) is 8.93 Å². The number of nitrogens with one attached hydrogen (secondary N) is 1. The van der Waals surface area contributed by atoms with Crippen LogP contribution in [0.1, 0.15) is 52.6 Å². The Morgan fingerprint density at radius 1 is 1.03 bits per heavy atom. The zero-order valence-electron chi connectivity index (χ0n) is 17.5. The topological polar surface area (TPSA) is 58.5 Å². The lowest BCUT2D eigenvalue weighted by Gasteiger charge is -2.14. The first-order valence-electron chi connectivity index (χ1n) is 11.3. The number of carbonyl (C=O) groups excluding carboxylic acids is 1. The molecule has 0 saturated carbocycles. The summed E-state index contributed by atoms with van der Waals surface area (Å²) in [6, 6.07) is 12.7. The molecule has 1 saturated heterocycles. The van der Waals surface area contributed by atoms with Gasteiger partial charge in [0.1, 0.15) is 9.92 Å². The minimum absolute atomic E-state index is 0.213. The molecule has 0 bridgehead atoms. The largest absolute Gasteiger partial charge is 0.272 e. The van der Waals surface area contributed by atoms with Crippen LogP contribution in [0.2, 0.25) is 0 Å². The highest BCUT2D eigenvalue weighted by Crippen LogP contribution is 2.35. The minimum atomic E-state index is -2.62. The maximum absolute atomic E-state index is 13.1. The molecule has 158 valence electrons. The van der Waals surface area contributed by atoms with Crippen LogP contribution >= 0.6 is 0 Å². The molecule has 1 fully saturated rings. The van der Waals surface area contributed by atoms with Gasteiger partial charge in [0.2, 0.25) is 0 Å². The van der Waals surface area contributed by atoms with E-state index in [-0.39, 0.29) is 11.8 Å². The second-order valence-corrected chi connectivity index (χ2v) is 11.1. The third-order valence-corrected chi connectivity index (χ3v) is 8.90. The number of hydrogen-bond acceptors (Lipinski definition) is 2. The quantitative estimate of drug-likeness (QED) is 0.793. The first-order valence-corrected chi connectivity index (χ1v) is 13.0. The van der Waals surface area contributed by atoms with Crippen LogP contribution in [0.5, 0.6) is 0 Å². The molecular formula is C25H30N2O2S. The van der Waals surface area contributed by atoms with Crippen molar-refractivity contribution >= 4 is 15.8 Å². The monoisotopic (exact) mass is 422 g/mol. The van der Waals surface area contributed by atoms with Crippen molar-refractivity contribution in [3.8, 4) is 0 Å². The molecule has 5 heteroatoms. The van der Waals surface area contributed by atoms with Gasteiger partial charge < -0.3 is 0 Å². The summed E-state index contributed by atoms with van der Waals surface area (Å²) in [6.45, 7) is 0.657. The van der Waals surface area contributed by atoms with Gasteiger partial charge in [0, 0.05) is 13.0 Å². The van der Waals surface area contributed by atoms with E-state index in [0.29, 0.717) is 18.7 Å². The smallest absolute Gasteiger partial charge is 0.255 e. The van der Waals surface area contributed by atoms with Crippen molar-refractivity contribution in [2.75, 3.05) is 12.3 Å². The summed E-state index contributed by atoms with van der Waals surface area (Å²) >= 11 is 0. The van der Waals surface area contributed by atoms with E-state index in [1.165, 1.54) is 59.1 Å². The minimum Gasteiger partial charge on any atom is -0.272 e. The van der Waals surface area contributed by atoms with Crippen molar-refractivity contribution in [3.05, 3.63) is 69.8 Å².